The van der Waals surface area contributed by atoms with E-state index in [0.29, 0.717) is 18.9 Å². The summed E-state index contributed by atoms with van der Waals surface area (Å²) >= 11 is 0. The van der Waals surface area contributed by atoms with Gasteiger partial charge >= 0.3 is 0 Å². The molecule has 5 heteroatoms. The molecular weight excluding hydrogens is 240 g/mol. The van der Waals surface area contributed by atoms with Gasteiger partial charge in [0.15, 0.2) is 0 Å². The Labute approximate surface area is 112 Å². The number of nitrogens with zero attached hydrogens (tertiary/aromatic N) is 2. The van der Waals surface area contributed by atoms with Crippen LogP contribution in [0.2, 0.25) is 0 Å². The number of nitrogen functional groups attached to an aromatic ring is 1. The lowest BCUT2D eigenvalue weighted by atomic mass is 10.1. The summed E-state index contributed by atoms with van der Waals surface area (Å²) in [6.45, 7) is 0.930. The number of nitrogens with two attached hydrogens (primary N) is 1. The molecule has 0 saturated carbocycles. The highest BCUT2D eigenvalue weighted by Gasteiger charge is 2.09. The minimum atomic E-state index is -0.0187. The Kier molecular flexibility index (Phi) is 3.97. The first-order valence-electron chi connectivity index (χ1n) is 6.13. The number of hydrogen-bond acceptors (Lipinski definition) is 4. The lowest BCUT2D eigenvalue weighted by molar-refractivity contribution is -0.121. The Hall–Kier alpha value is -2.14. The number of hydrogen-bond donors (Lipinski definition) is 2. The molecule has 1 heterocycles. The molecule has 0 aliphatic carbocycles. The van der Waals surface area contributed by atoms with Crippen molar-refractivity contribution in [3.63, 3.8) is 0 Å². The first-order valence-corrected chi connectivity index (χ1v) is 6.13. The van der Waals surface area contributed by atoms with Gasteiger partial charge in [-0.25, -0.2) is 4.98 Å². The van der Waals surface area contributed by atoms with E-state index in [1.165, 1.54) is 0 Å². The van der Waals surface area contributed by atoms with E-state index in [0.717, 1.165) is 16.5 Å². The molecule has 0 radical (unpaired) electrons. The number of anilines is 1. The molecule has 19 heavy (non-hydrogen) atoms. The second kappa shape index (κ2) is 5.67. The maximum Gasteiger partial charge on any atom is 0.233 e. The smallest absolute Gasteiger partial charge is 0.233 e. The lowest BCUT2D eigenvalue weighted by Gasteiger charge is -2.16. The van der Waals surface area contributed by atoms with E-state index in [2.05, 4.69) is 10.3 Å². The molecule has 0 bridgehead atoms. The molecule has 1 aromatic carbocycles. The van der Waals surface area contributed by atoms with Crippen LogP contribution in [-0.2, 0) is 11.3 Å². The van der Waals surface area contributed by atoms with E-state index in [1.807, 2.05) is 42.3 Å². The fourth-order valence-corrected chi connectivity index (χ4v) is 1.97. The van der Waals surface area contributed by atoms with Crippen LogP contribution in [0.5, 0.6) is 0 Å². The molecule has 100 valence electrons. The zero-order valence-electron chi connectivity index (χ0n) is 11.2. The SMILES string of the molecule is CNC(=O)CN(C)Cc1cc2ccccc2nc1N. The predicted molar refractivity (Wildman–Crippen MR) is 76.6 cm³/mol. The average Bonchev–Trinajstić information content (AvgIpc) is 2.39. The molecule has 0 spiro atoms. The Morgan fingerprint density at radius 3 is 2.89 bits per heavy atom. The normalized spacial score (nSPS) is 10.9. The first-order chi connectivity index (χ1) is 9.10. The lowest BCUT2D eigenvalue weighted by Crippen LogP contribution is -2.32. The van der Waals surface area contributed by atoms with Crippen LogP contribution in [0.25, 0.3) is 10.9 Å². The van der Waals surface area contributed by atoms with Crippen molar-refractivity contribution >= 4 is 22.6 Å². The second-order valence-corrected chi connectivity index (χ2v) is 4.57. The van der Waals surface area contributed by atoms with Crippen molar-refractivity contribution < 1.29 is 4.79 Å². The molecule has 5 nitrogen and oxygen atoms in total. The Bertz CT molecular complexity index is 597. The third-order valence-corrected chi connectivity index (χ3v) is 2.97. The molecule has 0 atom stereocenters. The molecule has 1 aromatic heterocycles. The predicted octanol–water partition coefficient (Wildman–Crippen LogP) is 0.995. The summed E-state index contributed by atoms with van der Waals surface area (Å²) in [5, 5.41) is 3.65. The van der Waals surface area contributed by atoms with E-state index in [9.17, 15) is 4.79 Å². The number of amides is 1. The number of rotatable bonds is 4. The van der Waals surface area contributed by atoms with Gasteiger partial charge in [0.1, 0.15) is 5.82 Å². The van der Waals surface area contributed by atoms with Crippen LogP contribution in [0.3, 0.4) is 0 Å². The van der Waals surface area contributed by atoms with Gasteiger partial charge in [-0.2, -0.15) is 0 Å². The number of nitrogens with one attached hydrogen (secondary N) is 1. The van der Waals surface area contributed by atoms with E-state index >= 15 is 0 Å². The molecule has 3 N–H and O–H groups in total. The van der Waals surface area contributed by atoms with Crippen LogP contribution in [0.4, 0.5) is 5.82 Å². The highest BCUT2D eigenvalue weighted by molar-refractivity contribution is 5.81. The molecule has 2 rings (SSSR count). The largest absolute Gasteiger partial charge is 0.383 e. The van der Waals surface area contributed by atoms with Gasteiger partial charge in [0.05, 0.1) is 12.1 Å². The summed E-state index contributed by atoms with van der Waals surface area (Å²) in [5.74, 6) is 0.497. The molecule has 0 unspecified atom stereocenters. The van der Waals surface area contributed by atoms with Crippen molar-refractivity contribution in [2.24, 2.45) is 0 Å². The number of aromatic nitrogens is 1. The number of pyridine rings is 1. The van der Waals surface area contributed by atoms with Gasteiger partial charge in [0, 0.05) is 24.5 Å². The van der Waals surface area contributed by atoms with Crippen molar-refractivity contribution in [1.82, 2.24) is 15.2 Å². The van der Waals surface area contributed by atoms with Gasteiger partial charge < -0.3 is 11.1 Å². The van der Waals surface area contributed by atoms with Crippen LogP contribution in [0.15, 0.2) is 30.3 Å². The molecule has 2 aromatic rings. The number of carbonyl (C=O) groups is 1. The molecule has 0 saturated heterocycles. The zero-order valence-corrected chi connectivity index (χ0v) is 11.2. The fourth-order valence-electron chi connectivity index (χ4n) is 1.97. The topological polar surface area (TPSA) is 71.2 Å². The van der Waals surface area contributed by atoms with Crippen molar-refractivity contribution in [3.8, 4) is 0 Å². The van der Waals surface area contributed by atoms with E-state index in [4.69, 9.17) is 5.73 Å². The van der Waals surface area contributed by atoms with Crippen molar-refractivity contribution in [3.05, 3.63) is 35.9 Å². The third kappa shape index (κ3) is 3.20. The second-order valence-electron chi connectivity index (χ2n) is 4.57. The minimum Gasteiger partial charge on any atom is -0.383 e. The molecular formula is C14H18N4O. The molecule has 1 amide bonds. The van der Waals surface area contributed by atoms with E-state index < -0.39 is 0 Å². The standard InChI is InChI=1S/C14H18N4O/c1-16-13(19)9-18(2)8-11-7-10-5-3-4-6-12(10)17-14(11)15/h3-7H,8-9H2,1-2H3,(H2,15,17)(H,16,19). The Morgan fingerprint density at radius 2 is 2.16 bits per heavy atom. The van der Waals surface area contributed by atoms with Gasteiger partial charge in [-0.15, -0.1) is 0 Å². The van der Waals surface area contributed by atoms with Crippen LogP contribution >= 0.6 is 0 Å². The van der Waals surface area contributed by atoms with Crippen LogP contribution in [0, 0.1) is 0 Å². The summed E-state index contributed by atoms with van der Waals surface area (Å²) in [6.07, 6.45) is 0. The molecule has 0 aliphatic rings. The quantitative estimate of drug-likeness (QED) is 0.858. The van der Waals surface area contributed by atoms with E-state index in [-0.39, 0.29) is 5.91 Å². The summed E-state index contributed by atoms with van der Waals surface area (Å²) < 4.78 is 0. The van der Waals surface area contributed by atoms with Crippen LogP contribution < -0.4 is 11.1 Å². The highest BCUT2D eigenvalue weighted by Crippen LogP contribution is 2.19. The number of fused-ring (bicyclic) bond motifs is 1. The maximum absolute atomic E-state index is 11.3. The van der Waals surface area contributed by atoms with Crippen molar-refractivity contribution in [2.75, 3.05) is 26.4 Å². The summed E-state index contributed by atoms with van der Waals surface area (Å²) in [6, 6.07) is 9.87. The summed E-state index contributed by atoms with van der Waals surface area (Å²) in [5.41, 5.74) is 7.78. The molecule has 0 fully saturated rings. The van der Waals surface area contributed by atoms with Gasteiger partial charge in [-0.3, -0.25) is 9.69 Å². The van der Waals surface area contributed by atoms with Gasteiger partial charge in [0.2, 0.25) is 5.91 Å². The van der Waals surface area contributed by atoms with Crippen molar-refractivity contribution in [2.45, 2.75) is 6.54 Å². The summed E-state index contributed by atoms with van der Waals surface area (Å²) in [4.78, 5) is 17.6. The number of para-hydroxylation sites is 1. The van der Waals surface area contributed by atoms with Crippen LogP contribution in [0.1, 0.15) is 5.56 Å². The first kappa shape index (κ1) is 13.3. The average molecular weight is 258 g/mol. The van der Waals surface area contributed by atoms with E-state index in [1.54, 1.807) is 7.05 Å². The number of benzene rings is 1. The number of carbonyl (C=O) groups excluding carboxylic acids is 1. The zero-order chi connectivity index (χ0) is 13.8. The fraction of sp³-hybridized carbons (Fsp3) is 0.286. The number of likely N-dealkylation sites (N-methyl/N-ethyl adjacent to an activating group) is 2. The highest BCUT2D eigenvalue weighted by atomic mass is 16.1. The molecule has 0 aliphatic heterocycles. The van der Waals surface area contributed by atoms with Gasteiger partial charge in [0.25, 0.3) is 0 Å². The van der Waals surface area contributed by atoms with Crippen molar-refractivity contribution in [1.29, 1.82) is 0 Å². The maximum atomic E-state index is 11.3. The van der Waals surface area contributed by atoms with Gasteiger partial charge in [-0.1, -0.05) is 18.2 Å². The van der Waals surface area contributed by atoms with Gasteiger partial charge in [-0.05, 0) is 19.2 Å². The third-order valence-electron chi connectivity index (χ3n) is 2.97. The summed E-state index contributed by atoms with van der Waals surface area (Å²) in [7, 11) is 3.51. The monoisotopic (exact) mass is 258 g/mol. The van der Waals surface area contributed by atoms with Crippen LogP contribution in [-0.4, -0.2) is 36.4 Å². The Morgan fingerprint density at radius 1 is 1.42 bits per heavy atom. The Balaban J connectivity index is 2.20. The minimum absolute atomic E-state index is 0.0187.